The summed E-state index contributed by atoms with van der Waals surface area (Å²) < 4.78 is 0. The molecule has 118 valence electrons. The van der Waals surface area contributed by atoms with Crippen LogP contribution in [0.25, 0.3) is 0 Å². The first kappa shape index (κ1) is 15.4. The fraction of sp³-hybridized carbons (Fsp3) is 0.250. The van der Waals surface area contributed by atoms with Crippen LogP contribution < -0.4 is 10.6 Å². The van der Waals surface area contributed by atoms with Gasteiger partial charge in [0.2, 0.25) is 5.91 Å². The van der Waals surface area contributed by atoms with Crippen LogP contribution in [-0.2, 0) is 4.79 Å². The van der Waals surface area contributed by atoms with Crippen molar-refractivity contribution in [2.75, 3.05) is 10.6 Å². The Morgan fingerprint density at radius 3 is 2.83 bits per heavy atom. The molecule has 0 aromatic carbocycles. The number of nitrogens with one attached hydrogen (secondary N) is 2. The van der Waals surface area contributed by atoms with E-state index in [1.54, 1.807) is 23.7 Å². The number of carbonyl (C=O) groups excluding carboxylic acids is 2. The first-order valence-electron chi connectivity index (χ1n) is 7.36. The SMILES string of the molecule is O=C(Nc1nccs1)c1ncccc1NC(=O)C1CC=CCC1. The van der Waals surface area contributed by atoms with E-state index in [2.05, 4.69) is 26.7 Å². The summed E-state index contributed by atoms with van der Waals surface area (Å²) in [6, 6.07) is 3.37. The molecule has 2 N–H and O–H groups in total. The Morgan fingerprint density at radius 2 is 2.09 bits per heavy atom. The van der Waals surface area contributed by atoms with Gasteiger partial charge in [0.1, 0.15) is 0 Å². The van der Waals surface area contributed by atoms with Crippen LogP contribution in [0.3, 0.4) is 0 Å². The largest absolute Gasteiger partial charge is 0.324 e. The van der Waals surface area contributed by atoms with Gasteiger partial charge in [0.05, 0.1) is 5.69 Å². The lowest BCUT2D eigenvalue weighted by Gasteiger charge is -2.18. The number of carbonyl (C=O) groups is 2. The van der Waals surface area contributed by atoms with Gasteiger partial charge in [0.25, 0.3) is 5.91 Å². The van der Waals surface area contributed by atoms with Crippen molar-refractivity contribution in [1.29, 1.82) is 0 Å². The summed E-state index contributed by atoms with van der Waals surface area (Å²) in [4.78, 5) is 32.8. The highest BCUT2D eigenvalue weighted by molar-refractivity contribution is 7.13. The zero-order valence-electron chi connectivity index (χ0n) is 12.4. The minimum atomic E-state index is -0.389. The van der Waals surface area contributed by atoms with Gasteiger partial charge >= 0.3 is 0 Å². The Hall–Kier alpha value is -2.54. The third-order valence-corrected chi connectivity index (χ3v) is 4.26. The summed E-state index contributed by atoms with van der Waals surface area (Å²) >= 11 is 1.32. The van der Waals surface area contributed by atoms with Crippen molar-refractivity contribution in [2.45, 2.75) is 19.3 Å². The van der Waals surface area contributed by atoms with E-state index in [0.29, 0.717) is 10.8 Å². The number of thiazole rings is 1. The van der Waals surface area contributed by atoms with Crippen molar-refractivity contribution >= 4 is 34.0 Å². The Morgan fingerprint density at radius 1 is 1.17 bits per heavy atom. The quantitative estimate of drug-likeness (QED) is 0.845. The van der Waals surface area contributed by atoms with Crippen molar-refractivity contribution in [2.24, 2.45) is 5.92 Å². The van der Waals surface area contributed by atoms with Crippen LogP contribution in [0.5, 0.6) is 0 Å². The highest BCUT2D eigenvalue weighted by Crippen LogP contribution is 2.22. The smallest absolute Gasteiger partial charge is 0.278 e. The van der Waals surface area contributed by atoms with E-state index in [9.17, 15) is 9.59 Å². The average Bonchev–Trinajstić information content (AvgIpc) is 3.09. The van der Waals surface area contributed by atoms with Gasteiger partial charge in [-0.3, -0.25) is 14.9 Å². The van der Waals surface area contributed by atoms with Crippen LogP contribution in [0.2, 0.25) is 0 Å². The molecule has 23 heavy (non-hydrogen) atoms. The number of hydrogen-bond acceptors (Lipinski definition) is 5. The molecule has 2 aromatic heterocycles. The van der Waals surface area contributed by atoms with Crippen molar-refractivity contribution in [1.82, 2.24) is 9.97 Å². The number of pyridine rings is 1. The molecular formula is C16H16N4O2S. The fourth-order valence-electron chi connectivity index (χ4n) is 2.40. The Bertz CT molecular complexity index is 727. The average molecular weight is 328 g/mol. The summed E-state index contributed by atoms with van der Waals surface area (Å²) in [6.45, 7) is 0. The lowest BCUT2D eigenvalue weighted by molar-refractivity contribution is -0.120. The van der Waals surface area contributed by atoms with Crippen LogP contribution in [0, 0.1) is 5.92 Å². The number of aromatic nitrogens is 2. The van der Waals surface area contributed by atoms with Crippen molar-refractivity contribution < 1.29 is 9.59 Å². The van der Waals surface area contributed by atoms with Gasteiger partial charge in [0.15, 0.2) is 10.8 Å². The number of nitrogens with zero attached hydrogens (tertiary/aromatic N) is 2. The second-order valence-corrected chi connectivity index (χ2v) is 6.06. The van der Waals surface area contributed by atoms with Crippen LogP contribution >= 0.6 is 11.3 Å². The van der Waals surface area contributed by atoms with Crippen LogP contribution in [0.4, 0.5) is 10.8 Å². The molecule has 0 aliphatic heterocycles. The lowest BCUT2D eigenvalue weighted by atomic mass is 9.93. The third-order valence-electron chi connectivity index (χ3n) is 3.57. The van der Waals surface area contributed by atoms with E-state index < -0.39 is 0 Å². The van der Waals surface area contributed by atoms with Gasteiger partial charge < -0.3 is 5.32 Å². The topological polar surface area (TPSA) is 84.0 Å². The number of amides is 2. The molecule has 0 saturated carbocycles. The van der Waals surface area contributed by atoms with E-state index in [1.807, 2.05) is 6.08 Å². The van der Waals surface area contributed by atoms with E-state index in [-0.39, 0.29) is 23.4 Å². The van der Waals surface area contributed by atoms with Gasteiger partial charge in [-0.25, -0.2) is 9.97 Å². The Labute approximate surface area is 137 Å². The molecule has 7 heteroatoms. The Kier molecular flexibility index (Phi) is 4.77. The van der Waals surface area contributed by atoms with Gasteiger partial charge in [-0.1, -0.05) is 12.2 Å². The number of anilines is 2. The van der Waals surface area contributed by atoms with Crippen molar-refractivity contribution in [3.8, 4) is 0 Å². The summed E-state index contributed by atoms with van der Waals surface area (Å²) in [6.07, 6.45) is 9.69. The molecule has 0 saturated heterocycles. The summed E-state index contributed by atoms with van der Waals surface area (Å²) in [5.41, 5.74) is 0.600. The molecule has 0 radical (unpaired) electrons. The zero-order chi connectivity index (χ0) is 16.1. The first-order valence-corrected chi connectivity index (χ1v) is 8.24. The van der Waals surface area contributed by atoms with Gasteiger partial charge in [0, 0.05) is 23.7 Å². The van der Waals surface area contributed by atoms with E-state index in [0.717, 1.165) is 19.3 Å². The van der Waals surface area contributed by atoms with Crippen LogP contribution in [0.15, 0.2) is 42.1 Å². The van der Waals surface area contributed by atoms with E-state index >= 15 is 0 Å². The maximum absolute atomic E-state index is 12.3. The normalized spacial score (nSPS) is 16.8. The van der Waals surface area contributed by atoms with Crippen LogP contribution in [0.1, 0.15) is 29.8 Å². The maximum Gasteiger partial charge on any atom is 0.278 e. The molecule has 1 atom stereocenters. The molecule has 6 nitrogen and oxygen atoms in total. The summed E-state index contributed by atoms with van der Waals surface area (Å²) in [5.74, 6) is -0.528. The number of hydrogen-bond donors (Lipinski definition) is 2. The number of allylic oxidation sites excluding steroid dienone is 2. The van der Waals surface area contributed by atoms with Crippen molar-refractivity contribution in [3.63, 3.8) is 0 Å². The minimum Gasteiger partial charge on any atom is -0.324 e. The predicted molar refractivity (Wildman–Crippen MR) is 89.4 cm³/mol. The monoisotopic (exact) mass is 328 g/mol. The summed E-state index contributed by atoms with van der Waals surface area (Å²) in [5, 5.41) is 7.77. The molecule has 3 rings (SSSR count). The molecule has 1 aliphatic carbocycles. The molecule has 1 unspecified atom stereocenters. The molecule has 0 spiro atoms. The Balaban J connectivity index is 1.73. The van der Waals surface area contributed by atoms with Crippen LogP contribution in [-0.4, -0.2) is 21.8 Å². The predicted octanol–water partition coefficient (Wildman–Crippen LogP) is 3.09. The van der Waals surface area contributed by atoms with Gasteiger partial charge in [-0.15, -0.1) is 11.3 Å². The van der Waals surface area contributed by atoms with E-state index in [1.165, 1.54) is 17.5 Å². The highest BCUT2D eigenvalue weighted by atomic mass is 32.1. The van der Waals surface area contributed by atoms with Gasteiger partial charge in [-0.05, 0) is 31.4 Å². The number of rotatable bonds is 4. The van der Waals surface area contributed by atoms with Crippen molar-refractivity contribution in [3.05, 3.63) is 47.8 Å². The maximum atomic E-state index is 12.3. The molecule has 1 aliphatic rings. The summed E-state index contributed by atoms with van der Waals surface area (Å²) in [7, 11) is 0. The second kappa shape index (κ2) is 7.15. The fourth-order valence-corrected chi connectivity index (χ4v) is 2.92. The van der Waals surface area contributed by atoms with E-state index in [4.69, 9.17) is 0 Å². The third kappa shape index (κ3) is 3.81. The standard InChI is InChI=1S/C16H16N4O2S/c21-14(11-5-2-1-3-6-11)19-12-7-4-8-17-13(12)15(22)20-16-18-9-10-23-16/h1-2,4,7-11H,3,5-6H2,(H,19,21)(H,18,20,22). The molecule has 2 amide bonds. The van der Waals surface area contributed by atoms with Gasteiger partial charge in [-0.2, -0.15) is 0 Å². The molecule has 2 heterocycles. The molecular weight excluding hydrogens is 312 g/mol. The second-order valence-electron chi connectivity index (χ2n) is 5.16. The molecule has 2 aromatic rings. The minimum absolute atomic E-state index is 0.0601. The lowest BCUT2D eigenvalue weighted by Crippen LogP contribution is -2.25. The highest BCUT2D eigenvalue weighted by Gasteiger charge is 2.21. The molecule has 0 bridgehead atoms. The zero-order valence-corrected chi connectivity index (χ0v) is 13.2. The first-order chi connectivity index (χ1) is 11.2. The molecule has 0 fully saturated rings.